The molecule has 0 saturated carbocycles. The highest BCUT2D eigenvalue weighted by atomic mass is 19.1. The van der Waals surface area contributed by atoms with Crippen LogP contribution in [0.25, 0.3) is 22.3 Å². The van der Waals surface area contributed by atoms with Crippen molar-refractivity contribution in [1.82, 2.24) is 15.1 Å². The summed E-state index contributed by atoms with van der Waals surface area (Å²) >= 11 is 0. The van der Waals surface area contributed by atoms with Gasteiger partial charge < -0.3 is 23.6 Å². The van der Waals surface area contributed by atoms with Crippen molar-refractivity contribution < 1.29 is 23.1 Å². The number of hydrogen-bond acceptors (Lipinski definition) is 8. The Morgan fingerprint density at radius 3 is 2.34 bits per heavy atom. The van der Waals surface area contributed by atoms with Gasteiger partial charge >= 0.3 is 0 Å². The number of halogens is 1. The van der Waals surface area contributed by atoms with E-state index in [9.17, 15) is 4.39 Å². The number of fused-ring (bicyclic) bond motifs is 1. The van der Waals surface area contributed by atoms with Crippen LogP contribution in [0.2, 0.25) is 0 Å². The number of anilines is 1. The van der Waals surface area contributed by atoms with Gasteiger partial charge in [-0.05, 0) is 18.6 Å². The van der Waals surface area contributed by atoms with E-state index in [1.165, 1.54) is 13.2 Å². The Morgan fingerprint density at radius 2 is 1.75 bits per heavy atom. The van der Waals surface area contributed by atoms with Crippen LogP contribution in [0, 0.1) is 19.7 Å². The molecule has 0 N–H and O–H groups in total. The topological polar surface area (TPSA) is 82.7 Å². The van der Waals surface area contributed by atoms with Crippen molar-refractivity contribution >= 4 is 16.7 Å². The van der Waals surface area contributed by atoms with Crippen molar-refractivity contribution in [2.24, 2.45) is 0 Å². The third-order valence-electron chi connectivity index (χ3n) is 5.88. The number of rotatable bonds is 3. The van der Waals surface area contributed by atoms with Gasteiger partial charge in [0.25, 0.3) is 0 Å². The fraction of sp³-hybridized carbons (Fsp3) is 0.522. The molecule has 2 saturated heterocycles. The fourth-order valence-electron chi connectivity index (χ4n) is 4.30. The molecule has 4 heterocycles. The second-order valence-corrected chi connectivity index (χ2v) is 7.67. The molecule has 0 radical (unpaired) electrons. The summed E-state index contributed by atoms with van der Waals surface area (Å²) in [5.74, 6) is 1.02. The second-order valence-electron chi connectivity index (χ2n) is 7.67. The SMILES string of the molecule is CC.COc1cc(F)c2nc(N3CCC4(CC3)OCCO4)c(-c3noc(C)n3)c(C)c2c1. The number of nitrogens with zero attached hydrogens (tertiary/aromatic N) is 4. The number of methoxy groups -OCH3 is 1. The van der Waals surface area contributed by atoms with Crippen molar-refractivity contribution in [1.29, 1.82) is 0 Å². The Labute approximate surface area is 186 Å². The zero-order valence-electron chi connectivity index (χ0n) is 19.2. The maximum absolute atomic E-state index is 14.9. The van der Waals surface area contributed by atoms with Gasteiger partial charge in [-0.25, -0.2) is 9.37 Å². The van der Waals surface area contributed by atoms with Crippen LogP contribution in [-0.4, -0.2) is 54.3 Å². The summed E-state index contributed by atoms with van der Waals surface area (Å²) in [6.07, 6.45) is 1.42. The molecular weight excluding hydrogens is 415 g/mol. The first-order valence-electron chi connectivity index (χ1n) is 11.0. The first-order valence-corrected chi connectivity index (χ1v) is 11.0. The summed E-state index contributed by atoms with van der Waals surface area (Å²) in [4.78, 5) is 11.3. The Morgan fingerprint density at radius 1 is 1.06 bits per heavy atom. The molecule has 3 aromatic rings. The van der Waals surface area contributed by atoms with E-state index in [0.29, 0.717) is 73.3 Å². The van der Waals surface area contributed by atoms with Gasteiger partial charge in [0.15, 0.2) is 11.6 Å². The molecule has 2 aliphatic rings. The van der Waals surface area contributed by atoms with Crippen LogP contribution in [0.4, 0.5) is 10.2 Å². The molecule has 2 aliphatic heterocycles. The highest BCUT2D eigenvalue weighted by Gasteiger charge is 2.40. The van der Waals surface area contributed by atoms with Gasteiger partial charge in [-0.2, -0.15) is 4.98 Å². The molecule has 0 bridgehead atoms. The van der Waals surface area contributed by atoms with Gasteiger partial charge in [0, 0.05) is 44.3 Å². The zero-order chi connectivity index (χ0) is 22.9. The molecule has 0 unspecified atom stereocenters. The summed E-state index contributed by atoms with van der Waals surface area (Å²) in [5.41, 5.74) is 1.85. The quantitative estimate of drug-likeness (QED) is 0.587. The van der Waals surface area contributed by atoms with E-state index in [2.05, 4.69) is 15.0 Å². The molecule has 2 fully saturated rings. The van der Waals surface area contributed by atoms with Crippen molar-refractivity contribution in [2.75, 3.05) is 38.3 Å². The Kier molecular flexibility index (Phi) is 6.30. The minimum Gasteiger partial charge on any atom is -0.497 e. The number of ether oxygens (including phenoxy) is 3. The van der Waals surface area contributed by atoms with Crippen LogP contribution in [0.5, 0.6) is 5.75 Å². The lowest BCUT2D eigenvalue weighted by Crippen LogP contribution is -2.45. The predicted molar refractivity (Wildman–Crippen MR) is 118 cm³/mol. The number of aromatic nitrogens is 3. The first-order chi connectivity index (χ1) is 15.5. The van der Waals surface area contributed by atoms with Crippen molar-refractivity contribution in [2.45, 2.75) is 46.3 Å². The van der Waals surface area contributed by atoms with E-state index >= 15 is 0 Å². The number of aryl methyl sites for hydroxylation is 2. The lowest BCUT2D eigenvalue weighted by Gasteiger charge is -2.38. The standard InChI is InChI=1S/C21H23FN4O4.C2H6/c1-12-15-10-14(27-3)11-16(22)18(15)24-20(17(12)19-23-13(2)30-25-19)26-6-4-21(5-7-26)28-8-9-29-21;1-2/h10-11H,4-9H2,1-3H3;1-2H3. The van der Waals surface area contributed by atoms with Crippen LogP contribution in [0.1, 0.15) is 38.1 Å². The molecule has 0 atom stereocenters. The highest BCUT2D eigenvalue weighted by molar-refractivity contribution is 5.93. The Hall–Kier alpha value is -2.78. The molecule has 9 heteroatoms. The molecular formula is C23H29FN4O4. The van der Waals surface area contributed by atoms with Crippen LogP contribution >= 0.6 is 0 Å². The van der Waals surface area contributed by atoms with Crippen molar-refractivity contribution in [3.63, 3.8) is 0 Å². The number of piperidine rings is 1. The molecule has 2 aromatic heterocycles. The molecule has 1 aromatic carbocycles. The average Bonchev–Trinajstić information content (AvgIpc) is 3.45. The van der Waals surface area contributed by atoms with Crippen molar-refractivity contribution in [3.8, 4) is 17.1 Å². The molecule has 0 aliphatic carbocycles. The number of hydrogen-bond donors (Lipinski definition) is 0. The lowest BCUT2D eigenvalue weighted by atomic mass is 9.99. The summed E-state index contributed by atoms with van der Waals surface area (Å²) in [6.45, 7) is 10.2. The third kappa shape index (κ3) is 3.91. The van der Waals surface area contributed by atoms with E-state index < -0.39 is 11.6 Å². The van der Waals surface area contributed by atoms with E-state index in [4.69, 9.17) is 23.7 Å². The third-order valence-corrected chi connectivity index (χ3v) is 5.88. The average molecular weight is 445 g/mol. The minimum atomic E-state index is -0.510. The van der Waals surface area contributed by atoms with Crippen molar-refractivity contribution in [3.05, 3.63) is 29.4 Å². The molecule has 8 nitrogen and oxygen atoms in total. The summed E-state index contributed by atoms with van der Waals surface area (Å²) in [6, 6.07) is 3.13. The molecule has 5 rings (SSSR count). The van der Waals surface area contributed by atoms with Gasteiger partial charge in [-0.15, -0.1) is 0 Å². The normalized spacial score (nSPS) is 17.5. The predicted octanol–water partition coefficient (Wildman–Crippen LogP) is 4.42. The molecule has 0 amide bonds. The van der Waals surface area contributed by atoms with Crippen LogP contribution in [0.15, 0.2) is 16.7 Å². The van der Waals surface area contributed by atoms with Crippen LogP contribution < -0.4 is 9.64 Å². The van der Waals surface area contributed by atoms with E-state index in [-0.39, 0.29) is 0 Å². The summed E-state index contributed by atoms with van der Waals surface area (Å²) in [5, 5.41) is 4.77. The molecule has 32 heavy (non-hydrogen) atoms. The smallest absolute Gasteiger partial charge is 0.223 e. The number of pyridine rings is 1. The largest absolute Gasteiger partial charge is 0.497 e. The molecule has 172 valence electrons. The maximum Gasteiger partial charge on any atom is 0.223 e. The highest BCUT2D eigenvalue weighted by Crippen LogP contribution is 2.40. The van der Waals surface area contributed by atoms with Gasteiger partial charge in [-0.3, -0.25) is 0 Å². The van der Waals surface area contributed by atoms with E-state index in [1.807, 2.05) is 20.8 Å². The fourth-order valence-corrected chi connectivity index (χ4v) is 4.30. The Balaban J connectivity index is 0.00000119. The minimum absolute atomic E-state index is 0.293. The monoisotopic (exact) mass is 444 g/mol. The van der Waals surface area contributed by atoms with Gasteiger partial charge in [0.05, 0.1) is 25.9 Å². The summed E-state index contributed by atoms with van der Waals surface area (Å²) in [7, 11) is 1.51. The van der Waals surface area contributed by atoms with Crippen LogP contribution in [-0.2, 0) is 9.47 Å². The van der Waals surface area contributed by atoms with E-state index in [0.717, 1.165) is 11.1 Å². The zero-order valence-corrected chi connectivity index (χ0v) is 19.2. The van der Waals surface area contributed by atoms with Gasteiger partial charge in [-0.1, -0.05) is 19.0 Å². The maximum atomic E-state index is 14.9. The van der Waals surface area contributed by atoms with Gasteiger partial charge in [0.2, 0.25) is 11.7 Å². The Bertz CT molecular complexity index is 1100. The number of benzene rings is 1. The van der Waals surface area contributed by atoms with E-state index in [1.54, 1.807) is 13.0 Å². The first kappa shape index (κ1) is 22.4. The lowest BCUT2D eigenvalue weighted by molar-refractivity contribution is -0.169. The summed E-state index contributed by atoms with van der Waals surface area (Å²) < 4.78 is 37.0. The molecule has 1 spiro atoms. The van der Waals surface area contributed by atoms with Crippen LogP contribution in [0.3, 0.4) is 0 Å². The second kappa shape index (κ2) is 8.99. The van der Waals surface area contributed by atoms with Gasteiger partial charge in [0.1, 0.15) is 17.1 Å².